The smallest absolute Gasteiger partial charge is 0.273 e. The van der Waals surface area contributed by atoms with E-state index in [0.29, 0.717) is 5.69 Å². The van der Waals surface area contributed by atoms with Crippen molar-refractivity contribution in [3.05, 3.63) is 46.4 Å². The molecule has 0 unspecified atom stereocenters. The number of nitrogen functional groups attached to an aromatic ring is 1. The third kappa shape index (κ3) is 2.89. The highest BCUT2D eigenvalue weighted by Gasteiger charge is 2.13. The van der Waals surface area contributed by atoms with Gasteiger partial charge in [0.2, 0.25) is 10.0 Å². The van der Waals surface area contributed by atoms with E-state index in [0.717, 1.165) is 4.52 Å². The van der Waals surface area contributed by atoms with Gasteiger partial charge in [-0.15, -0.1) is 5.11 Å². The fourth-order valence-corrected chi connectivity index (χ4v) is 2.64. The molecule has 0 bridgehead atoms. The number of aryl methyl sites for hydroxylation is 1. The number of hydrogen-bond acceptors (Lipinski definition) is 7. The predicted octanol–water partition coefficient (Wildman–Crippen LogP) is 0.976. The summed E-state index contributed by atoms with van der Waals surface area (Å²) in [7, 11) is -3.84. The molecule has 0 radical (unpaired) electrons. The van der Waals surface area contributed by atoms with Crippen LogP contribution in [0.5, 0.6) is 0 Å². The molecule has 0 amide bonds. The fraction of sp³-hybridized carbons (Fsp3) is 0.0769. The van der Waals surface area contributed by atoms with E-state index < -0.39 is 10.0 Å². The second-order valence-corrected chi connectivity index (χ2v) is 6.57. The van der Waals surface area contributed by atoms with Gasteiger partial charge in [-0.1, -0.05) is 6.07 Å². The zero-order valence-corrected chi connectivity index (χ0v) is 13.3. The molecule has 0 saturated carbocycles. The van der Waals surface area contributed by atoms with Crippen molar-refractivity contribution in [3.8, 4) is 0 Å². The maximum atomic E-state index is 11.9. The third-order valence-electron chi connectivity index (χ3n) is 3.16. The second-order valence-electron chi connectivity index (χ2n) is 5.01. The van der Waals surface area contributed by atoms with Gasteiger partial charge in [0, 0.05) is 11.8 Å². The number of nitrogens with one attached hydrogen (secondary N) is 1. The lowest BCUT2D eigenvalue weighted by Crippen LogP contribution is -2.14. The van der Waals surface area contributed by atoms with Crippen molar-refractivity contribution in [3.63, 3.8) is 0 Å². The van der Waals surface area contributed by atoms with Crippen LogP contribution in [0.4, 0.5) is 17.2 Å². The van der Waals surface area contributed by atoms with Crippen molar-refractivity contribution in [1.29, 1.82) is 0 Å². The molecule has 24 heavy (non-hydrogen) atoms. The molecule has 5 N–H and O–H groups in total. The van der Waals surface area contributed by atoms with E-state index >= 15 is 0 Å². The summed E-state index contributed by atoms with van der Waals surface area (Å²) < 4.78 is 23.9. The van der Waals surface area contributed by atoms with Crippen LogP contribution in [-0.4, -0.2) is 23.0 Å². The van der Waals surface area contributed by atoms with E-state index in [1.807, 2.05) is 0 Å². The van der Waals surface area contributed by atoms with E-state index in [9.17, 15) is 13.2 Å². The van der Waals surface area contributed by atoms with Crippen LogP contribution in [0.3, 0.4) is 0 Å². The maximum absolute atomic E-state index is 11.9. The number of benzene rings is 1. The number of primary sulfonamides is 1. The standard InChI is InChI=1S/C13H13N7O3S/c1-7-5-10(21)20-13(16-7)11(12(14)19-20)18-17-8-3-2-4-9(6-8)24(15,22)23/h2-6,19H,14H2,1H3,(H2,15,22,23). The van der Waals surface area contributed by atoms with Crippen LogP contribution in [0, 0.1) is 6.92 Å². The molecule has 2 aromatic heterocycles. The Morgan fingerprint density at radius 3 is 2.71 bits per heavy atom. The monoisotopic (exact) mass is 347 g/mol. The first kappa shape index (κ1) is 15.8. The highest BCUT2D eigenvalue weighted by atomic mass is 32.2. The van der Waals surface area contributed by atoms with Gasteiger partial charge in [0.1, 0.15) is 5.82 Å². The Hall–Kier alpha value is -3.05. The lowest BCUT2D eigenvalue weighted by atomic mass is 10.3. The van der Waals surface area contributed by atoms with Gasteiger partial charge in [0.25, 0.3) is 5.56 Å². The van der Waals surface area contributed by atoms with Crippen molar-refractivity contribution in [1.82, 2.24) is 14.6 Å². The predicted molar refractivity (Wildman–Crippen MR) is 87.0 cm³/mol. The van der Waals surface area contributed by atoms with Crippen molar-refractivity contribution in [2.45, 2.75) is 11.8 Å². The summed E-state index contributed by atoms with van der Waals surface area (Å²) in [6.07, 6.45) is 0. The molecule has 0 spiro atoms. The van der Waals surface area contributed by atoms with Gasteiger partial charge in [-0.05, 0) is 25.1 Å². The summed E-state index contributed by atoms with van der Waals surface area (Å²) in [6, 6.07) is 7.00. The molecule has 3 aromatic rings. The SMILES string of the molecule is Cc1cc(=O)n2[nH]c(N)c(N=Nc3cccc(S(N)(=O)=O)c3)c2n1. The highest BCUT2D eigenvalue weighted by molar-refractivity contribution is 7.89. The fourth-order valence-electron chi connectivity index (χ4n) is 2.09. The first-order valence-corrected chi connectivity index (χ1v) is 8.23. The molecule has 0 aliphatic carbocycles. The minimum atomic E-state index is -3.84. The third-order valence-corrected chi connectivity index (χ3v) is 4.07. The largest absolute Gasteiger partial charge is 0.382 e. The van der Waals surface area contributed by atoms with Crippen LogP contribution >= 0.6 is 0 Å². The van der Waals surface area contributed by atoms with Crippen LogP contribution < -0.4 is 16.4 Å². The second kappa shape index (κ2) is 5.54. The minimum absolute atomic E-state index is 0.0870. The topological polar surface area (TPSA) is 161 Å². The number of rotatable bonds is 3. The van der Waals surface area contributed by atoms with E-state index in [1.54, 1.807) is 13.0 Å². The number of azo groups is 1. The molecule has 0 atom stereocenters. The molecule has 11 heteroatoms. The van der Waals surface area contributed by atoms with Crippen molar-refractivity contribution in [2.75, 3.05) is 5.73 Å². The first-order valence-electron chi connectivity index (χ1n) is 6.68. The summed E-state index contributed by atoms with van der Waals surface area (Å²) in [5.41, 5.74) is 6.65. The molecule has 1 aromatic carbocycles. The number of H-pyrrole nitrogens is 1. The Labute approximate surface area is 135 Å². The summed E-state index contributed by atoms with van der Waals surface area (Å²) in [4.78, 5) is 16.0. The molecule has 2 heterocycles. The van der Waals surface area contributed by atoms with Gasteiger partial charge in [-0.2, -0.15) is 9.63 Å². The zero-order valence-electron chi connectivity index (χ0n) is 12.5. The number of sulfonamides is 1. The zero-order chi connectivity index (χ0) is 17.5. The van der Waals surface area contributed by atoms with Gasteiger partial charge in [-0.25, -0.2) is 18.5 Å². The summed E-state index contributed by atoms with van der Waals surface area (Å²) in [5, 5.41) is 15.6. The average Bonchev–Trinajstić information content (AvgIpc) is 2.81. The van der Waals surface area contributed by atoms with E-state index in [4.69, 9.17) is 10.9 Å². The maximum Gasteiger partial charge on any atom is 0.273 e. The van der Waals surface area contributed by atoms with Crippen molar-refractivity contribution < 1.29 is 8.42 Å². The van der Waals surface area contributed by atoms with E-state index in [2.05, 4.69) is 20.3 Å². The molecular formula is C13H13N7O3S. The van der Waals surface area contributed by atoms with Crippen LogP contribution in [0.1, 0.15) is 5.69 Å². The van der Waals surface area contributed by atoms with Crippen LogP contribution in [-0.2, 0) is 10.0 Å². The van der Waals surface area contributed by atoms with Gasteiger partial charge < -0.3 is 5.73 Å². The van der Waals surface area contributed by atoms with Gasteiger partial charge in [0.05, 0.1) is 10.6 Å². The van der Waals surface area contributed by atoms with Crippen LogP contribution in [0.15, 0.2) is 50.3 Å². The first-order chi connectivity index (χ1) is 11.3. The Morgan fingerprint density at radius 2 is 2.00 bits per heavy atom. The summed E-state index contributed by atoms with van der Waals surface area (Å²) in [5.74, 6) is 0.108. The molecule has 0 saturated heterocycles. The quantitative estimate of drug-likeness (QED) is 0.601. The van der Waals surface area contributed by atoms with Crippen molar-refractivity contribution in [2.24, 2.45) is 15.4 Å². The van der Waals surface area contributed by atoms with Gasteiger partial charge in [0.15, 0.2) is 11.3 Å². The lowest BCUT2D eigenvalue weighted by molar-refractivity contribution is 0.598. The number of aromatic nitrogens is 3. The van der Waals surface area contributed by atoms with Gasteiger partial charge in [-0.3, -0.25) is 9.89 Å². The van der Waals surface area contributed by atoms with Crippen LogP contribution in [0.25, 0.3) is 5.65 Å². The molecule has 0 fully saturated rings. The van der Waals surface area contributed by atoms with Gasteiger partial charge >= 0.3 is 0 Å². The van der Waals surface area contributed by atoms with E-state index in [1.165, 1.54) is 24.3 Å². The molecule has 3 rings (SSSR count). The molecule has 0 aliphatic rings. The molecule has 124 valence electrons. The number of nitrogens with two attached hydrogens (primary N) is 2. The Morgan fingerprint density at radius 1 is 1.25 bits per heavy atom. The number of anilines is 1. The summed E-state index contributed by atoms with van der Waals surface area (Å²) in [6.45, 7) is 1.67. The minimum Gasteiger partial charge on any atom is -0.382 e. The normalized spacial score (nSPS) is 12.2. The van der Waals surface area contributed by atoms with Crippen molar-refractivity contribution >= 4 is 32.9 Å². The molecule has 10 nitrogen and oxygen atoms in total. The average molecular weight is 347 g/mol. The summed E-state index contributed by atoms with van der Waals surface area (Å²) >= 11 is 0. The number of aromatic amines is 1. The Kier molecular flexibility index (Phi) is 3.66. The number of nitrogens with zero attached hydrogens (tertiary/aromatic N) is 4. The number of fused-ring (bicyclic) bond motifs is 1. The Bertz CT molecular complexity index is 1130. The number of hydrogen-bond donors (Lipinski definition) is 3. The van der Waals surface area contributed by atoms with E-state index in [-0.39, 0.29) is 33.3 Å². The molecular weight excluding hydrogens is 334 g/mol. The van der Waals surface area contributed by atoms with Crippen LogP contribution in [0.2, 0.25) is 0 Å². The Balaban J connectivity index is 2.09. The highest BCUT2D eigenvalue weighted by Crippen LogP contribution is 2.27. The lowest BCUT2D eigenvalue weighted by Gasteiger charge is -1.98. The molecule has 0 aliphatic heterocycles.